The lowest BCUT2D eigenvalue weighted by Crippen LogP contribution is -2.46. The summed E-state index contributed by atoms with van der Waals surface area (Å²) < 4.78 is 11.8. The predicted octanol–water partition coefficient (Wildman–Crippen LogP) is 0.602. The molecular formula is C26H32N4O4. The van der Waals surface area contributed by atoms with Crippen LogP contribution in [-0.4, -0.2) is 74.3 Å². The molecular weight excluding hydrogens is 432 g/mol. The van der Waals surface area contributed by atoms with Crippen LogP contribution in [0.2, 0.25) is 0 Å². The minimum atomic E-state index is -0.396. The van der Waals surface area contributed by atoms with Crippen LogP contribution < -0.4 is 31.3 Å². The fraction of sp³-hybridized carbons (Fsp3) is 0.308. The van der Waals surface area contributed by atoms with Crippen molar-refractivity contribution in [2.45, 2.75) is 0 Å². The van der Waals surface area contributed by atoms with Gasteiger partial charge in [-0.3, -0.25) is 9.59 Å². The molecule has 2 N–H and O–H groups in total. The van der Waals surface area contributed by atoms with Gasteiger partial charge in [0, 0.05) is 24.7 Å². The first-order valence-corrected chi connectivity index (χ1v) is 11.1. The average molecular weight is 465 g/mol. The van der Waals surface area contributed by atoms with Gasteiger partial charge >= 0.3 is 0 Å². The molecule has 1 aromatic heterocycles. The Morgan fingerprint density at radius 2 is 1.35 bits per heavy atom. The second kappa shape index (κ2) is 12.0. The van der Waals surface area contributed by atoms with Crippen LogP contribution in [0.1, 0.15) is 11.1 Å². The van der Waals surface area contributed by atoms with Crippen LogP contribution in [0.25, 0.3) is 12.2 Å². The molecule has 0 spiro atoms. The summed E-state index contributed by atoms with van der Waals surface area (Å²) in [6.07, 6.45) is 3.25. The van der Waals surface area contributed by atoms with Gasteiger partial charge in [0.15, 0.2) is 0 Å². The summed E-state index contributed by atoms with van der Waals surface area (Å²) in [5, 5.41) is 0.342. The van der Waals surface area contributed by atoms with Crippen molar-refractivity contribution in [3.8, 4) is 11.5 Å². The van der Waals surface area contributed by atoms with E-state index in [1.807, 2.05) is 80.5 Å². The van der Waals surface area contributed by atoms with E-state index in [-0.39, 0.29) is 16.3 Å². The van der Waals surface area contributed by atoms with Crippen LogP contribution in [-0.2, 0) is 0 Å². The smallest absolute Gasteiger partial charge is 0.272 e. The zero-order valence-corrected chi connectivity index (χ0v) is 20.1. The van der Waals surface area contributed by atoms with Crippen LogP contribution in [0.4, 0.5) is 0 Å². The minimum Gasteiger partial charge on any atom is -0.492 e. The highest BCUT2D eigenvalue weighted by Gasteiger charge is 2.07. The summed E-state index contributed by atoms with van der Waals surface area (Å²) in [6, 6.07) is 14.8. The molecule has 1 heterocycles. The Kier molecular flexibility index (Phi) is 8.84. The topological polar surface area (TPSA) is 90.7 Å². The minimum absolute atomic E-state index is 0.147. The van der Waals surface area contributed by atoms with Gasteiger partial charge in [0.1, 0.15) is 35.4 Å². The van der Waals surface area contributed by atoms with Gasteiger partial charge in [0.2, 0.25) is 0 Å². The number of H-pyrrole nitrogens is 2. The second-order valence-corrected chi connectivity index (χ2v) is 8.44. The SMILES string of the molecule is CN(C)CCOc1ccc(C=c2[nH]c(=O)c(=Cc3ccccc3)[nH]c2=O)c(OCCN(C)C)c1. The van der Waals surface area contributed by atoms with Crippen molar-refractivity contribution in [2.75, 3.05) is 54.5 Å². The first-order valence-electron chi connectivity index (χ1n) is 11.1. The van der Waals surface area contributed by atoms with Gasteiger partial charge in [0.05, 0.1) is 0 Å². The number of aromatic nitrogens is 2. The molecule has 0 atom stereocenters. The molecule has 0 aliphatic heterocycles. The van der Waals surface area contributed by atoms with E-state index in [4.69, 9.17) is 9.47 Å². The van der Waals surface area contributed by atoms with Crippen molar-refractivity contribution in [1.29, 1.82) is 0 Å². The molecule has 0 saturated carbocycles. The fourth-order valence-corrected chi connectivity index (χ4v) is 3.10. The van der Waals surface area contributed by atoms with Gasteiger partial charge in [0.25, 0.3) is 11.1 Å². The Hall–Kier alpha value is -3.62. The highest BCUT2D eigenvalue weighted by atomic mass is 16.5. The van der Waals surface area contributed by atoms with Crippen molar-refractivity contribution in [2.24, 2.45) is 0 Å². The van der Waals surface area contributed by atoms with E-state index in [0.717, 1.165) is 18.7 Å². The van der Waals surface area contributed by atoms with E-state index < -0.39 is 5.56 Å². The highest BCUT2D eigenvalue weighted by molar-refractivity contribution is 5.58. The molecule has 0 bridgehead atoms. The Morgan fingerprint density at radius 3 is 1.97 bits per heavy atom. The van der Waals surface area contributed by atoms with Gasteiger partial charge in [-0.2, -0.15) is 0 Å². The molecule has 180 valence electrons. The summed E-state index contributed by atoms with van der Waals surface area (Å²) >= 11 is 0. The van der Waals surface area contributed by atoms with Gasteiger partial charge in [-0.1, -0.05) is 30.3 Å². The number of benzene rings is 2. The van der Waals surface area contributed by atoms with Crippen molar-refractivity contribution >= 4 is 12.2 Å². The van der Waals surface area contributed by atoms with Gasteiger partial charge in [-0.05, 0) is 58.0 Å². The highest BCUT2D eigenvalue weighted by Crippen LogP contribution is 2.25. The summed E-state index contributed by atoms with van der Waals surface area (Å²) in [6.45, 7) is 2.52. The van der Waals surface area contributed by atoms with Crippen LogP contribution in [0, 0.1) is 0 Å². The van der Waals surface area contributed by atoms with Crippen molar-refractivity contribution < 1.29 is 9.47 Å². The van der Waals surface area contributed by atoms with E-state index in [1.54, 1.807) is 18.2 Å². The average Bonchev–Trinajstić information content (AvgIpc) is 2.79. The number of nitrogens with one attached hydrogen (secondary N) is 2. The number of hydrogen-bond acceptors (Lipinski definition) is 6. The van der Waals surface area contributed by atoms with Gasteiger partial charge in [-0.15, -0.1) is 0 Å². The molecule has 0 amide bonds. The van der Waals surface area contributed by atoms with E-state index >= 15 is 0 Å². The third-order valence-electron chi connectivity index (χ3n) is 4.98. The maximum Gasteiger partial charge on any atom is 0.272 e. The maximum absolute atomic E-state index is 12.7. The molecule has 0 aliphatic carbocycles. The third kappa shape index (κ3) is 7.47. The molecule has 0 aliphatic rings. The van der Waals surface area contributed by atoms with E-state index in [0.29, 0.717) is 30.3 Å². The summed E-state index contributed by atoms with van der Waals surface area (Å²) in [7, 11) is 7.90. The number of nitrogens with zero attached hydrogens (tertiary/aromatic N) is 2. The zero-order valence-electron chi connectivity index (χ0n) is 20.1. The van der Waals surface area contributed by atoms with Crippen molar-refractivity contribution in [1.82, 2.24) is 19.8 Å². The van der Waals surface area contributed by atoms with Crippen LogP contribution >= 0.6 is 0 Å². The van der Waals surface area contributed by atoms with Gasteiger partial charge in [-0.25, -0.2) is 0 Å². The van der Waals surface area contributed by atoms with Crippen LogP contribution in [0.3, 0.4) is 0 Å². The molecule has 34 heavy (non-hydrogen) atoms. The van der Waals surface area contributed by atoms with Crippen molar-refractivity contribution in [3.63, 3.8) is 0 Å². The van der Waals surface area contributed by atoms with E-state index in [1.165, 1.54) is 0 Å². The summed E-state index contributed by atoms with van der Waals surface area (Å²) in [5.74, 6) is 1.25. The molecule has 2 aromatic carbocycles. The molecule has 0 saturated heterocycles. The quantitative estimate of drug-likeness (QED) is 0.457. The third-order valence-corrected chi connectivity index (χ3v) is 4.98. The predicted molar refractivity (Wildman–Crippen MR) is 135 cm³/mol. The van der Waals surface area contributed by atoms with Crippen molar-refractivity contribution in [3.05, 3.63) is 91.1 Å². The first-order chi connectivity index (χ1) is 16.3. The standard InChI is InChI=1S/C26H32N4O4/c1-29(2)12-14-33-21-11-10-20(24(18-21)34-15-13-30(3)4)17-23-26(32)27-22(25(31)28-23)16-19-8-6-5-7-9-19/h5-11,16-18H,12-15H2,1-4H3,(H,27,32)(H,28,31). The largest absolute Gasteiger partial charge is 0.492 e. The molecule has 0 unspecified atom stereocenters. The van der Waals surface area contributed by atoms with E-state index in [9.17, 15) is 9.59 Å². The van der Waals surface area contributed by atoms with E-state index in [2.05, 4.69) is 9.97 Å². The lowest BCUT2D eigenvalue weighted by Gasteiger charge is -2.15. The summed E-state index contributed by atoms with van der Waals surface area (Å²) in [4.78, 5) is 34.8. The Balaban J connectivity index is 1.96. The normalized spacial score (nSPS) is 12.5. The van der Waals surface area contributed by atoms with Gasteiger partial charge < -0.3 is 29.2 Å². The maximum atomic E-state index is 12.7. The Morgan fingerprint density at radius 1 is 0.765 bits per heavy atom. The molecule has 3 rings (SSSR count). The number of hydrogen-bond donors (Lipinski definition) is 2. The monoisotopic (exact) mass is 464 g/mol. The zero-order chi connectivity index (χ0) is 24.5. The lowest BCUT2D eigenvalue weighted by atomic mass is 10.1. The first kappa shape index (κ1) is 25.0. The fourth-order valence-electron chi connectivity index (χ4n) is 3.10. The molecule has 0 fully saturated rings. The summed E-state index contributed by atoms with van der Waals surface area (Å²) in [5.41, 5.74) is 0.710. The number of likely N-dealkylation sites (N-methyl/N-ethyl adjacent to an activating group) is 2. The van der Waals surface area contributed by atoms with Crippen LogP contribution in [0.5, 0.6) is 11.5 Å². The molecule has 0 radical (unpaired) electrons. The number of rotatable bonds is 10. The lowest BCUT2D eigenvalue weighted by molar-refractivity contribution is 0.251. The second-order valence-electron chi connectivity index (χ2n) is 8.44. The molecule has 8 nitrogen and oxygen atoms in total. The number of ether oxygens (including phenoxy) is 2. The Bertz CT molecular complexity index is 1310. The molecule has 3 aromatic rings. The van der Waals surface area contributed by atoms with Crippen LogP contribution in [0.15, 0.2) is 58.1 Å². The number of aromatic amines is 2. The Labute approximate surface area is 198 Å². The molecule has 8 heteroatoms.